The third-order valence-corrected chi connectivity index (χ3v) is 3.83. The third-order valence-electron chi connectivity index (χ3n) is 3.83. The van der Waals surface area contributed by atoms with Gasteiger partial charge in [0.1, 0.15) is 6.61 Å². The van der Waals surface area contributed by atoms with Gasteiger partial charge in [-0.15, -0.1) is 0 Å². The Morgan fingerprint density at radius 2 is 1.61 bits per heavy atom. The van der Waals surface area contributed by atoms with E-state index < -0.39 is 11.9 Å². The molecule has 0 heterocycles. The van der Waals surface area contributed by atoms with Crippen molar-refractivity contribution >= 4 is 18.0 Å². The lowest BCUT2D eigenvalue weighted by Gasteiger charge is -2.12. The zero-order chi connectivity index (χ0) is 20.5. The van der Waals surface area contributed by atoms with Crippen LogP contribution >= 0.6 is 0 Å². The molecule has 148 valence electrons. The van der Waals surface area contributed by atoms with Crippen molar-refractivity contribution in [3.05, 3.63) is 59.2 Å². The number of methoxy groups -OCH3 is 4. The van der Waals surface area contributed by atoms with E-state index in [1.807, 2.05) is 0 Å². The molecule has 0 aromatic heterocycles. The Morgan fingerprint density at radius 1 is 0.929 bits per heavy atom. The molecule has 7 heteroatoms. The van der Waals surface area contributed by atoms with Crippen molar-refractivity contribution < 1.29 is 33.3 Å². The Bertz CT molecular complexity index is 846. The number of carbonyl (C=O) groups is 2. The minimum Gasteiger partial charge on any atom is -0.493 e. The predicted molar refractivity (Wildman–Crippen MR) is 103 cm³/mol. The highest BCUT2D eigenvalue weighted by Crippen LogP contribution is 2.38. The van der Waals surface area contributed by atoms with E-state index in [0.29, 0.717) is 33.9 Å². The molecule has 0 aliphatic carbocycles. The molecule has 0 bridgehead atoms. The highest BCUT2D eigenvalue weighted by molar-refractivity contribution is 5.89. The summed E-state index contributed by atoms with van der Waals surface area (Å²) in [5, 5.41) is 0. The summed E-state index contributed by atoms with van der Waals surface area (Å²) >= 11 is 0. The number of esters is 2. The van der Waals surface area contributed by atoms with Crippen LogP contribution in [0.4, 0.5) is 0 Å². The van der Waals surface area contributed by atoms with E-state index >= 15 is 0 Å². The molecule has 28 heavy (non-hydrogen) atoms. The first-order chi connectivity index (χ1) is 13.5. The number of benzene rings is 2. The van der Waals surface area contributed by atoms with E-state index in [-0.39, 0.29) is 6.61 Å². The van der Waals surface area contributed by atoms with Crippen molar-refractivity contribution in [2.75, 3.05) is 28.4 Å². The summed E-state index contributed by atoms with van der Waals surface area (Å²) in [6, 6.07) is 10.1. The molecule has 0 aliphatic rings. The van der Waals surface area contributed by atoms with Gasteiger partial charge in [0.15, 0.2) is 11.5 Å². The summed E-state index contributed by atoms with van der Waals surface area (Å²) in [7, 11) is 5.86. The fraction of sp³-hybridized carbons (Fsp3) is 0.238. The van der Waals surface area contributed by atoms with Gasteiger partial charge in [-0.05, 0) is 41.5 Å². The van der Waals surface area contributed by atoms with Gasteiger partial charge in [0.2, 0.25) is 5.75 Å². The van der Waals surface area contributed by atoms with Crippen molar-refractivity contribution in [1.82, 2.24) is 0 Å². The van der Waals surface area contributed by atoms with Crippen LogP contribution in [0.5, 0.6) is 17.2 Å². The predicted octanol–water partition coefficient (Wildman–Crippen LogP) is 3.26. The van der Waals surface area contributed by atoms with Crippen molar-refractivity contribution in [2.45, 2.75) is 6.61 Å². The Kier molecular flexibility index (Phi) is 7.45. The molecule has 7 nitrogen and oxygen atoms in total. The quantitative estimate of drug-likeness (QED) is 0.509. The molecule has 0 spiro atoms. The fourth-order valence-corrected chi connectivity index (χ4v) is 2.47. The van der Waals surface area contributed by atoms with Crippen LogP contribution in [0.2, 0.25) is 0 Å². The van der Waals surface area contributed by atoms with Gasteiger partial charge >= 0.3 is 11.9 Å². The highest BCUT2D eigenvalue weighted by Gasteiger charge is 2.12. The molecule has 0 fully saturated rings. The smallest absolute Gasteiger partial charge is 0.337 e. The Morgan fingerprint density at radius 3 is 2.18 bits per heavy atom. The molecule has 0 radical (unpaired) electrons. The third kappa shape index (κ3) is 5.26. The Balaban J connectivity index is 2.05. The van der Waals surface area contributed by atoms with Gasteiger partial charge in [-0.1, -0.05) is 12.1 Å². The normalized spacial score (nSPS) is 10.4. The maximum atomic E-state index is 12.0. The van der Waals surface area contributed by atoms with Gasteiger partial charge in [-0.2, -0.15) is 0 Å². The van der Waals surface area contributed by atoms with Gasteiger partial charge < -0.3 is 23.7 Å². The minimum absolute atomic E-state index is 0.0310. The van der Waals surface area contributed by atoms with E-state index in [2.05, 4.69) is 4.74 Å². The maximum absolute atomic E-state index is 12.0. The molecule has 0 N–H and O–H groups in total. The molecule has 0 atom stereocenters. The average molecular weight is 386 g/mol. The van der Waals surface area contributed by atoms with Crippen LogP contribution in [0.1, 0.15) is 21.5 Å². The van der Waals surface area contributed by atoms with E-state index in [0.717, 1.165) is 0 Å². The number of hydrogen-bond donors (Lipinski definition) is 0. The highest BCUT2D eigenvalue weighted by atomic mass is 16.5. The largest absolute Gasteiger partial charge is 0.493 e. The SMILES string of the molecule is COC(=O)c1cccc(COC(=O)/C=C/c2cc(OC)c(OC)c(OC)c2)c1. The lowest BCUT2D eigenvalue weighted by atomic mass is 10.1. The van der Waals surface area contributed by atoms with E-state index in [4.69, 9.17) is 18.9 Å². The van der Waals surface area contributed by atoms with Gasteiger partial charge in [0, 0.05) is 6.08 Å². The summed E-state index contributed by atoms with van der Waals surface area (Å²) < 4.78 is 25.7. The fourth-order valence-electron chi connectivity index (χ4n) is 2.47. The summed E-state index contributed by atoms with van der Waals surface area (Å²) in [5.74, 6) is 0.451. The molecule has 0 unspecified atom stereocenters. The van der Waals surface area contributed by atoms with Crippen LogP contribution in [0.15, 0.2) is 42.5 Å². The lowest BCUT2D eigenvalue weighted by Crippen LogP contribution is -2.04. The molecule has 0 saturated carbocycles. The van der Waals surface area contributed by atoms with Crippen molar-refractivity contribution in [3.63, 3.8) is 0 Å². The number of ether oxygens (including phenoxy) is 5. The van der Waals surface area contributed by atoms with Gasteiger partial charge in [-0.3, -0.25) is 0 Å². The number of rotatable bonds is 8. The van der Waals surface area contributed by atoms with Crippen molar-refractivity contribution in [1.29, 1.82) is 0 Å². The lowest BCUT2D eigenvalue weighted by molar-refractivity contribution is -0.138. The Hall–Kier alpha value is -3.48. The van der Waals surface area contributed by atoms with Crippen LogP contribution < -0.4 is 14.2 Å². The monoisotopic (exact) mass is 386 g/mol. The van der Waals surface area contributed by atoms with Crippen LogP contribution in [0.25, 0.3) is 6.08 Å². The second kappa shape index (κ2) is 10.0. The molecular formula is C21H22O7. The van der Waals surface area contributed by atoms with Crippen molar-refractivity contribution in [2.24, 2.45) is 0 Å². The minimum atomic E-state index is -0.530. The first-order valence-electron chi connectivity index (χ1n) is 8.34. The average Bonchev–Trinajstić information content (AvgIpc) is 2.74. The summed E-state index contributed by atoms with van der Waals surface area (Å²) in [6.45, 7) is 0.0310. The molecule has 0 aliphatic heterocycles. The first-order valence-corrected chi connectivity index (χ1v) is 8.34. The van der Waals surface area contributed by atoms with E-state index in [1.54, 1.807) is 42.5 Å². The zero-order valence-corrected chi connectivity index (χ0v) is 16.2. The Labute approximate surface area is 163 Å². The van der Waals surface area contributed by atoms with Gasteiger partial charge in [0.05, 0.1) is 34.0 Å². The molecular weight excluding hydrogens is 364 g/mol. The molecule has 2 rings (SSSR count). The second-order valence-electron chi connectivity index (χ2n) is 5.59. The molecule has 0 amide bonds. The van der Waals surface area contributed by atoms with Gasteiger partial charge in [-0.25, -0.2) is 9.59 Å². The second-order valence-corrected chi connectivity index (χ2v) is 5.59. The van der Waals surface area contributed by atoms with Crippen molar-refractivity contribution in [3.8, 4) is 17.2 Å². The molecule has 2 aromatic rings. The van der Waals surface area contributed by atoms with E-state index in [9.17, 15) is 9.59 Å². The summed E-state index contributed by atoms with van der Waals surface area (Å²) in [6.07, 6.45) is 2.88. The molecule has 0 saturated heterocycles. The number of hydrogen-bond acceptors (Lipinski definition) is 7. The number of carbonyl (C=O) groups excluding carboxylic acids is 2. The first kappa shape index (κ1) is 20.8. The van der Waals surface area contributed by atoms with E-state index in [1.165, 1.54) is 34.5 Å². The zero-order valence-electron chi connectivity index (χ0n) is 16.2. The van der Waals surface area contributed by atoms with Crippen LogP contribution in [-0.2, 0) is 20.9 Å². The summed E-state index contributed by atoms with van der Waals surface area (Å²) in [5.41, 5.74) is 1.75. The maximum Gasteiger partial charge on any atom is 0.337 e. The van der Waals surface area contributed by atoms with Crippen LogP contribution in [-0.4, -0.2) is 40.4 Å². The van der Waals surface area contributed by atoms with Crippen LogP contribution in [0, 0.1) is 0 Å². The standard InChI is InChI=1S/C21H22O7/c1-24-17-11-14(12-18(25-2)20(17)26-3)8-9-19(22)28-13-15-6-5-7-16(10-15)21(23)27-4/h5-12H,13H2,1-4H3/b9-8+. The topological polar surface area (TPSA) is 80.3 Å². The van der Waals surface area contributed by atoms with Gasteiger partial charge in [0.25, 0.3) is 0 Å². The molecule has 2 aromatic carbocycles. The summed E-state index contributed by atoms with van der Waals surface area (Å²) in [4.78, 5) is 23.6. The van der Waals surface area contributed by atoms with Crippen LogP contribution in [0.3, 0.4) is 0 Å².